The zero-order valence-corrected chi connectivity index (χ0v) is 86.7. The minimum atomic E-state index is -0.628. The maximum atomic E-state index is 5.44. The molecule has 12 aromatic carbocycles. The van der Waals surface area contributed by atoms with Gasteiger partial charge in [-0.1, -0.05) is 328 Å². The quantitative estimate of drug-likeness (QED) is 0.110. The number of amidine groups is 10. The molecule has 0 atom stereocenters. The molecule has 0 fully saturated rings. The molecule has 27 rings (SSSR count). The molecule has 0 unspecified atom stereocenters. The molecule has 0 aliphatic carbocycles. The van der Waals surface area contributed by atoms with Crippen LogP contribution in [0, 0.1) is 0 Å². The van der Waals surface area contributed by atoms with E-state index in [-0.39, 0.29) is 58.9 Å². The maximum Gasteiger partial charge on any atom is 2.00 e. The first-order chi connectivity index (χ1) is 71.3. The van der Waals surface area contributed by atoms with E-state index in [4.69, 9.17) is 102 Å². The summed E-state index contributed by atoms with van der Waals surface area (Å²) in [5.41, 5.74) is 11.9. The van der Waals surface area contributed by atoms with Gasteiger partial charge in [-0.15, -0.1) is 20.4 Å². The van der Waals surface area contributed by atoms with Crippen molar-refractivity contribution in [2.75, 3.05) is 19.8 Å². The van der Waals surface area contributed by atoms with E-state index < -0.39 is 22.2 Å². The van der Waals surface area contributed by atoms with E-state index in [9.17, 15) is 0 Å². The molecule has 32 nitrogen and oxygen atoms in total. The normalized spacial score (nSPS) is 17.0. The zero-order valence-electron chi connectivity index (χ0n) is 81.1. The van der Waals surface area contributed by atoms with Crippen LogP contribution in [0.25, 0.3) is 88.3 Å². The Morgan fingerprint density at radius 1 is 0.228 bits per heavy atom. The molecule has 35 heteroatoms. The number of benzene rings is 12. The van der Waals surface area contributed by atoms with Crippen molar-refractivity contribution in [2.45, 2.75) is 77.5 Å². The van der Waals surface area contributed by atoms with Gasteiger partial charge in [-0.05, 0) is 161 Å². The second kappa shape index (κ2) is 39.0. The van der Waals surface area contributed by atoms with Crippen molar-refractivity contribution in [2.24, 2.45) is 50.1 Å². The van der Waals surface area contributed by atoms with Crippen molar-refractivity contribution in [3.8, 4) is 22.7 Å². The van der Waals surface area contributed by atoms with E-state index in [0.29, 0.717) is 151 Å². The SMILES string of the molecule is C1=C2[N-]C(=C(c3ccccc3)c3nc(nn3-c3ccccc3)C3=CN(c4ccccc4)C(=C(c4ccccc4)c4nc2nn4-c2ccccc2)[N-]3)N1c1ccccc1.CC1(C)N=C2N=C1N=C1[N-]C(=NC1(C)C)C1=NC(C)(C)C(=N1)N=C1[N-]C2=NC1(C)C.[Co+2].[Pt+2].[Pt+2].c1ccc(C2=C3[N-]C(=NN3c3ccccc3)c3nc(n(-c4ccccc4)n3)C(c3ccccc3)=C3[N-]C(=NN3c3ccccc3)c3nc2n(-c2ccccc2)n3)cc1. The Labute approximate surface area is 896 Å². The average molecular weight is 2350 g/mol. The van der Waals surface area contributed by atoms with Crippen molar-refractivity contribution >= 4 is 115 Å². The van der Waals surface area contributed by atoms with E-state index in [1.54, 1.807) is 0 Å². The molecular formula is C114H86CoN32Pt2. The largest absolute Gasteiger partial charge is 2.00 e. The van der Waals surface area contributed by atoms with Crippen LogP contribution in [0.3, 0.4) is 0 Å². The second-order valence-corrected chi connectivity index (χ2v) is 37.3. The summed E-state index contributed by atoms with van der Waals surface area (Å²) in [6.45, 7) is 15.7. The number of hydrogen-bond donors (Lipinski definition) is 0. The number of anilines is 4. The fourth-order valence-corrected chi connectivity index (χ4v) is 18.2. The number of fused-ring (bicyclic) bond motifs is 28. The summed E-state index contributed by atoms with van der Waals surface area (Å²) in [7, 11) is 0. The van der Waals surface area contributed by atoms with Gasteiger partial charge in [-0.25, -0.2) is 48.6 Å². The van der Waals surface area contributed by atoms with Gasteiger partial charge in [-0.2, -0.15) is 0 Å². The Kier molecular flexibility index (Phi) is 25.1. The van der Waals surface area contributed by atoms with Crippen LogP contribution in [0.5, 0.6) is 0 Å². The number of aromatic nitrogens is 12. The fourth-order valence-electron chi connectivity index (χ4n) is 18.2. The standard InChI is InChI=1S/C48H32N10.C46H30N12.C20H24N10.Co.2Pt/c1-7-19-33(20-8-1)41-45-49-39(31-55(45)35-23-11-3-12-24-35)44-52-48(58(54-44)38-29-17-6-18-30-38)42(34-21-9-2-10-22-34)46-50-40(32-56(46)36-25-13-4-14-26-36)43-51-47(41)57(53-43)37-27-15-5-16-28-37;1-7-19-31(20-8-1)37-43-47-39(51-55(43)33-23-11-3-12-24-33)41-49-45(57(53-41)35-27-15-5-16-28-35)38(32-21-9-2-10-22-32)46-50-42(54-58(46)36-29-17-6-18-30-36)40-48-44(37)56(52-40)34-25-13-4-14-26-34;1-17(2)13-21-9(27-17)10-22-15(19(5,6)28-10)26-16-20(7,8)30-12(24-16)11-23-14(25-13)18(3,4)29-11;;;/h1-32H;1-30H;1-8H3;;;/q3*-2;3*+2. The number of hydrogen-bond acceptors (Lipinski definition) is 22. The van der Waals surface area contributed by atoms with Crippen molar-refractivity contribution in [3.05, 3.63) is 500 Å². The van der Waals surface area contributed by atoms with Crippen LogP contribution in [0.2, 0.25) is 0 Å². The molecule has 149 heavy (non-hydrogen) atoms. The van der Waals surface area contributed by atoms with Crippen molar-refractivity contribution < 1.29 is 58.9 Å². The van der Waals surface area contributed by atoms with Gasteiger partial charge in [0, 0.05) is 68.1 Å². The second-order valence-electron chi connectivity index (χ2n) is 37.3. The molecule has 4 aromatic heterocycles. The summed E-state index contributed by atoms with van der Waals surface area (Å²) in [5, 5.41) is 65.7. The summed E-state index contributed by atoms with van der Waals surface area (Å²) >= 11 is 0. The van der Waals surface area contributed by atoms with Gasteiger partial charge in [0.15, 0.2) is 58.3 Å². The number of nitrogens with zero attached hydrogens (tertiary/aromatic N) is 32. The first-order valence-corrected chi connectivity index (χ1v) is 47.7. The van der Waals surface area contributed by atoms with Crippen LogP contribution >= 0.6 is 0 Å². The van der Waals surface area contributed by atoms with Gasteiger partial charge in [0.2, 0.25) is 0 Å². The Balaban J connectivity index is 0.000000132. The molecule has 0 spiro atoms. The number of para-hydroxylation sites is 8. The van der Waals surface area contributed by atoms with Crippen molar-refractivity contribution in [3.63, 3.8) is 0 Å². The Morgan fingerprint density at radius 3 is 0.752 bits per heavy atom. The third-order valence-corrected chi connectivity index (χ3v) is 25.4. The minimum Gasteiger partial charge on any atom is -0.432 e. The van der Waals surface area contributed by atoms with Gasteiger partial charge in [0.25, 0.3) is 0 Å². The van der Waals surface area contributed by atoms with Gasteiger partial charge in [-0.3, -0.25) is 9.98 Å². The third-order valence-electron chi connectivity index (χ3n) is 25.4. The van der Waals surface area contributed by atoms with Crippen LogP contribution in [0.15, 0.2) is 450 Å². The Morgan fingerprint density at radius 2 is 0.470 bits per heavy atom. The topological polar surface area (TPSA) is 344 Å². The van der Waals surface area contributed by atoms with Crippen molar-refractivity contribution in [1.29, 1.82) is 0 Å². The molecule has 1 radical (unpaired) electrons. The Bertz CT molecular complexity index is 7580. The number of hydrazone groups is 2. The first kappa shape index (κ1) is 96.0. The molecule has 0 amide bonds. The summed E-state index contributed by atoms with van der Waals surface area (Å²) in [5.74, 6) is 10.8. The molecular weight excluding hydrogens is 2270 g/mol. The van der Waals surface area contributed by atoms with E-state index in [0.717, 1.165) is 78.9 Å². The predicted octanol–water partition coefficient (Wildman–Crippen LogP) is 22.6. The van der Waals surface area contributed by atoms with Crippen LogP contribution in [0.4, 0.5) is 22.7 Å². The summed E-state index contributed by atoms with van der Waals surface area (Å²) in [6, 6.07) is 121. The minimum absolute atomic E-state index is 0. The molecule has 0 N–H and O–H groups in total. The monoisotopic (exact) mass is 2350 g/mol. The molecule has 15 heterocycles. The van der Waals surface area contributed by atoms with Crippen LogP contribution in [0.1, 0.15) is 124 Å². The van der Waals surface area contributed by atoms with Crippen LogP contribution < -0.4 is 19.8 Å². The van der Waals surface area contributed by atoms with E-state index in [1.807, 2.05) is 412 Å². The van der Waals surface area contributed by atoms with E-state index >= 15 is 0 Å². The third kappa shape index (κ3) is 17.9. The molecule has 0 saturated heterocycles. The summed E-state index contributed by atoms with van der Waals surface area (Å²) < 4.78 is 7.44. The molecule has 731 valence electrons. The molecule has 11 aliphatic rings. The van der Waals surface area contributed by atoms with Gasteiger partial charge >= 0.3 is 58.9 Å². The van der Waals surface area contributed by atoms with Gasteiger partial charge in [0.05, 0.1) is 57.8 Å². The first-order valence-electron chi connectivity index (χ1n) is 47.7. The predicted molar refractivity (Wildman–Crippen MR) is 576 cm³/mol. The van der Waals surface area contributed by atoms with E-state index in [2.05, 4.69) is 78.9 Å². The molecule has 0 saturated carbocycles. The molecule has 16 aromatic rings. The van der Waals surface area contributed by atoms with Crippen LogP contribution in [-0.2, 0) is 58.9 Å². The maximum absolute atomic E-state index is 5.44. The van der Waals surface area contributed by atoms with Gasteiger partial charge in [0.1, 0.15) is 11.1 Å². The van der Waals surface area contributed by atoms with E-state index in [1.165, 1.54) is 0 Å². The Hall–Kier alpha value is -17.8. The molecule has 11 aliphatic heterocycles. The summed E-state index contributed by atoms with van der Waals surface area (Å²) in [6.07, 6.45) is 4.02. The van der Waals surface area contributed by atoms with Crippen LogP contribution in [-0.4, -0.2) is 140 Å². The zero-order chi connectivity index (χ0) is 98.5. The average Bonchev–Trinajstić information content (AvgIpc) is 1.47. The fraction of sp³-hybridized carbons (Fsp3) is 0.105. The number of aliphatic imine (C=N–C) groups is 8. The smallest absolute Gasteiger partial charge is 0.432 e. The molecule has 24 bridgehead atoms. The number of rotatable bonds is 12. The van der Waals surface area contributed by atoms with Crippen molar-refractivity contribution in [1.82, 2.24) is 59.1 Å². The van der Waals surface area contributed by atoms with Gasteiger partial charge < -0.3 is 81.9 Å². The summed E-state index contributed by atoms with van der Waals surface area (Å²) in [4.78, 5) is 63.4.